The van der Waals surface area contributed by atoms with Crippen LogP contribution in [-0.2, 0) is 9.59 Å². The van der Waals surface area contributed by atoms with E-state index in [1.54, 1.807) is 14.1 Å². The first-order valence-electron chi connectivity index (χ1n) is 7.15. The Hall–Kier alpha value is -2.10. The predicted octanol–water partition coefficient (Wildman–Crippen LogP) is 2.53. The zero-order chi connectivity index (χ0) is 15.8. The lowest BCUT2D eigenvalue weighted by atomic mass is 9.97. The quantitative estimate of drug-likeness (QED) is 0.818. The third-order valence-electron chi connectivity index (χ3n) is 3.04. The third-order valence-corrected chi connectivity index (χ3v) is 3.04. The SMILES string of the molecule is CC(C)CC(NC(=O)C=CC(=O)N(C)C)c1ccccc1. The van der Waals surface area contributed by atoms with Crippen molar-refractivity contribution in [1.29, 1.82) is 0 Å². The van der Waals surface area contributed by atoms with Crippen LogP contribution < -0.4 is 5.32 Å². The van der Waals surface area contributed by atoms with Crippen LogP contribution in [0, 0.1) is 5.92 Å². The van der Waals surface area contributed by atoms with Gasteiger partial charge in [0.05, 0.1) is 6.04 Å². The molecule has 1 N–H and O–H groups in total. The number of amides is 2. The highest BCUT2D eigenvalue weighted by molar-refractivity contribution is 5.96. The molecule has 1 aromatic carbocycles. The second-order valence-corrected chi connectivity index (χ2v) is 5.67. The summed E-state index contributed by atoms with van der Waals surface area (Å²) in [5.74, 6) is 0.00728. The molecule has 0 heterocycles. The molecule has 114 valence electrons. The normalized spacial score (nSPS) is 12.4. The third kappa shape index (κ3) is 6.25. The number of nitrogens with zero attached hydrogens (tertiary/aromatic N) is 1. The van der Waals surface area contributed by atoms with Crippen LogP contribution in [-0.4, -0.2) is 30.8 Å². The molecule has 0 spiro atoms. The summed E-state index contributed by atoms with van der Waals surface area (Å²) in [5, 5.41) is 2.96. The monoisotopic (exact) mass is 288 g/mol. The van der Waals surface area contributed by atoms with Crippen LogP contribution in [0.4, 0.5) is 0 Å². The lowest BCUT2D eigenvalue weighted by Crippen LogP contribution is -2.28. The zero-order valence-corrected chi connectivity index (χ0v) is 13.2. The van der Waals surface area contributed by atoms with Gasteiger partial charge in [0, 0.05) is 26.2 Å². The van der Waals surface area contributed by atoms with E-state index >= 15 is 0 Å². The average Bonchev–Trinajstić information content (AvgIpc) is 2.44. The van der Waals surface area contributed by atoms with Crippen molar-refractivity contribution in [3.63, 3.8) is 0 Å². The number of carbonyl (C=O) groups is 2. The fraction of sp³-hybridized carbons (Fsp3) is 0.412. The summed E-state index contributed by atoms with van der Waals surface area (Å²) in [4.78, 5) is 24.8. The van der Waals surface area contributed by atoms with Gasteiger partial charge in [0.2, 0.25) is 11.8 Å². The maximum Gasteiger partial charge on any atom is 0.246 e. The lowest BCUT2D eigenvalue weighted by molar-refractivity contribution is -0.124. The Balaban J connectivity index is 2.73. The lowest BCUT2D eigenvalue weighted by Gasteiger charge is -2.20. The maximum atomic E-state index is 12.0. The van der Waals surface area contributed by atoms with Crippen molar-refractivity contribution < 1.29 is 9.59 Å². The number of rotatable bonds is 6. The highest BCUT2D eigenvalue weighted by Gasteiger charge is 2.14. The minimum atomic E-state index is -0.250. The number of hydrogen-bond donors (Lipinski definition) is 1. The second kappa shape index (κ2) is 8.25. The Kier molecular flexibility index (Phi) is 6.66. The summed E-state index contributed by atoms with van der Waals surface area (Å²) in [5.41, 5.74) is 1.08. The van der Waals surface area contributed by atoms with E-state index in [2.05, 4.69) is 19.2 Å². The van der Waals surface area contributed by atoms with E-state index in [4.69, 9.17) is 0 Å². The first-order chi connectivity index (χ1) is 9.90. The molecular formula is C17H24N2O2. The molecule has 4 heteroatoms. The van der Waals surface area contributed by atoms with Gasteiger partial charge in [-0.1, -0.05) is 44.2 Å². The van der Waals surface area contributed by atoms with E-state index in [1.807, 2.05) is 30.3 Å². The Bertz CT molecular complexity index is 493. The largest absolute Gasteiger partial charge is 0.346 e. The topological polar surface area (TPSA) is 49.4 Å². The molecule has 0 bridgehead atoms. The van der Waals surface area contributed by atoms with Crippen molar-refractivity contribution in [1.82, 2.24) is 10.2 Å². The molecule has 1 rings (SSSR count). The van der Waals surface area contributed by atoms with Crippen LogP contribution in [0.15, 0.2) is 42.5 Å². The van der Waals surface area contributed by atoms with Gasteiger partial charge in [0.15, 0.2) is 0 Å². The predicted molar refractivity (Wildman–Crippen MR) is 84.6 cm³/mol. The highest BCUT2D eigenvalue weighted by Crippen LogP contribution is 2.20. The summed E-state index contributed by atoms with van der Waals surface area (Å²) < 4.78 is 0. The number of carbonyl (C=O) groups excluding carboxylic acids is 2. The van der Waals surface area contributed by atoms with Gasteiger partial charge in [-0.25, -0.2) is 0 Å². The van der Waals surface area contributed by atoms with Gasteiger partial charge < -0.3 is 10.2 Å². The first-order valence-corrected chi connectivity index (χ1v) is 7.15. The highest BCUT2D eigenvalue weighted by atomic mass is 16.2. The minimum Gasteiger partial charge on any atom is -0.346 e. The van der Waals surface area contributed by atoms with Gasteiger partial charge in [-0.3, -0.25) is 9.59 Å². The van der Waals surface area contributed by atoms with Crippen LogP contribution in [0.3, 0.4) is 0 Å². The first kappa shape index (κ1) is 17.0. The Morgan fingerprint density at radius 1 is 1.14 bits per heavy atom. The average molecular weight is 288 g/mol. The number of benzene rings is 1. The molecule has 1 atom stereocenters. The summed E-state index contributed by atoms with van der Waals surface area (Å²) in [6, 6.07) is 9.83. The maximum absolute atomic E-state index is 12.0. The molecule has 0 fully saturated rings. The molecule has 2 amide bonds. The summed E-state index contributed by atoms with van der Waals surface area (Å²) >= 11 is 0. The fourth-order valence-corrected chi connectivity index (χ4v) is 1.95. The van der Waals surface area contributed by atoms with Crippen LogP contribution in [0.5, 0.6) is 0 Å². The van der Waals surface area contributed by atoms with Crippen LogP contribution >= 0.6 is 0 Å². The molecule has 4 nitrogen and oxygen atoms in total. The van der Waals surface area contributed by atoms with E-state index in [1.165, 1.54) is 17.1 Å². The van der Waals surface area contributed by atoms with Crippen LogP contribution in [0.25, 0.3) is 0 Å². The molecule has 0 saturated heterocycles. The molecule has 0 radical (unpaired) electrons. The van der Waals surface area contributed by atoms with Gasteiger partial charge >= 0.3 is 0 Å². The van der Waals surface area contributed by atoms with Crippen molar-refractivity contribution >= 4 is 11.8 Å². The molecule has 0 aliphatic carbocycles. The van der Waals surface area contributed by atoms with Crippen molar-refractivity contribution in [2.24, 2.45) is 5.92 Å². The summed E-state index contributed by atoms with van der Waals surface area (Å²) in [6.45, 7) is 4.24. The molecule has 1 aromatic rings. The van der Waals surface area contributed by atoms with Crippen LogP contribution in [0.1, 0.15) is 31.9 Å². The molecule has 1 unspecified atom stereocenters. The number of hydrogen-bond acceptors (Lipinski definition) is 2. The zero-order valence-electron chi connectivity index (χ0n) is 13.2. The summed E-state index contributed by atoms with van der Waals surface area (Å²) in [7, 11) is 3.30. The van der Waals surface area contributed by atoms with Crippen molar-refractivity contribution in [3.05, 3.63) is 48.0 Å². The smallest absolute Gasteiger partial charge is 0.246 e. The van der Waals surface area contributed by atoms with Gasteiger partial charge in [-0.15, -0.1) is 0 Å². The van der Waals surface area contributed by atoms with Gasteiger partial charge in [0.25, 0.3) is 0 Å². The van der Waals surface area contributed by atoms with E-state index in [0.29, 0.717) is 5.92 Å². The Morgan fingerprint density at radius 2 is 1.76 bits per heavy atom. The van der Waals surface area contributed by atoms with Gasteiger partial charge in [-0.2, -0.15) is 0 Å². The van der Waals surface area contributed by atoms with E-state index in [-0.39, 0.29) is 17.9 Å². The second-order valence-electron chi connectivity index (χ2n) is 5.67. The Labute approximate surface area is 126 Å². The van der Waals surface area contributed by atoms with E-state index in [0.717, 1.165) is 12.0 Å². The Morgan fingerprint density at radius 3 is 2.29 bits per heavy atom. The van der Waals surface area contributed by atoms with E-state index in [9.17, 15) is 9.59 Å². The minimum absolute atomic E-state index is 0.0437. The molecular weight excluding hydrogens is 264 g/mol. The van der Waals surface area contributed by atoms with Gasteiger partial charge in [0.1, 0.15) is 0 Å². The molecule has 0 aliphatic heterocycles. The van der Waals surface area contributed by atoms with Crippen LogP contribution in [0.2, 0.25) is 0 Å². The fourth-order valence-electron chi connectivity index (χ4n) is 1.95. The standard InChI is InChI=1S/C17H24N2O2/c1-13(2)12-15(14-8-6-5-7-9-14)18-16(20)10-11-17(21)19(3)4/h5-11,13,15H,12H2,1-4H3,(H,18,20). The summed E-state index contributed by atoms with van der Waals surface area (Å²) in [6.07, 6.45) is 3.43. The number of nitrogens with one attached hydrogen (secondary N) is 1. The molecule has 0 saturated carbocycles. The van der Waals surface area contributed by atoms with Crippen molar-refractivity contribution in [2.45, 2.75) is 26.3 Å². The molecule has 21 heavy (non-hydrogen) atoms. The van der Waals surface area contributed by atoms with Crippen molar-refractivity contribution in [2.75, 3.05) is 14.1 Å². The van der Waals surface area contributed by atoms with Gasteiger partial charge in [-0.05, 0) is 17.9 Å². The van der Waals surface area contributed by atoms with Crippen molar-refractivity contribution in [3.8, 4) is 0 Å². The molecule has 0 aromatic heterocycles. The molecule has 0 aliphatic rings. The number of likely N-dealkylation sites (N-methyl/N-ethyl adjacent to an activating group) is 1. The van der Waals surface area contributed by atoms with E-state index < -0.39 is 0 Å².